The second-order valence-corrected chi connectivity index (χ2v) is 11.9. The smallest absolute Gasteiger partial charge is 0.187 e. The fourth-order valence-electron chi connectivity index (χ4n) is 6.97. The third-order valence-electron chi connectivity index (χ3n) is 9.09. The monoisotopic (exact) mass is 613 g/mol. The molecule has 0 radical (unpaired) electrons. The van der Waals surface area contributed by atoms with Gasteiger partial charge in [0, 0.05) is 69.1 Å². The summed E-state index contributed by atoms with van der Waals surface area (Å²) in [7, 11) is 0. The second-order valence-electron chi connectivity index (χ2n) is 11.9. The van der Waals surface area contributed by atoms with Gasteiger partial charge in [0.1, 0.15) is 0 Å². The van der Waals surface area contributed by atoms with E-state index in [0.717, 1.165) is 55.9 Å². The predicted molar refractivity (Wildman–Crippen MR) is 197 cm³/mol. The van der Waals surface area contributed by atoms with Gasteiger partial charge in [0.05, 0.1) is 23.3 Å². The lowest BCUT2D eigenvalue weighted by Gasteiger charge is -2.28. The lowest BCUT2D eigenvalue weighted by atomic mass is 9.97. The van der Waals surface area contributed by atoms with Crippen molar-refractivity contribution in [2.24, 2.45) is 0 Å². The highest BCUT2D eigenvalue weighted by Gasteiger charge is 2.23. The van der Waals surface area contributed by atoms with E-state index in [9.17, 15) is 0 Å². The standard InChI is InChI=1S/C43H27N5/c1-44-34-15-17-36(18-16-34)47(37-25-32(30-9-6-22-45-27-30)24-33(26-37)31-10-7-23-46-28-31)39-20-21-41-43-38(39)19-14-29-8-5-13-40(42(29)43)48(41)35-11-3-2-4-12-35/h2-28H. The van der Waals surface area contributed by atoms with Gasteiger partial charge in [-0.15, -0.1) is 0 Å². The van der Waals surface area contributed by atoms with Crippen molar-refractivity contribution in [2.45, 2.75) is 0 Å². The summed E-state index contributed by atoms with van der Waals surface area (Å²) in [5, 5.41) is 4.83. The minimum Gasteiger partial charge on any atom is -0.310 e. The van der Waals surface area contributed by atoms with Crippen LogP contribution in [-0.4, -0.2) is 14.5 Å². The molecule has 0 N–H and O–H groups in total. The Kier molecular flexibility index (Phi) is 6.45. The maximum atomic E-state index is 7.60. The van der Waals surface area contributed by atoms with Crippen molar-refractivity contribution < 1.29 is 0 Å². The quantitative estimate of drug-likeness (QED) is 0.138. The number of hydrogen-bond donors (Lipinski definition) is 0. The lowest BCUT2D eigenvalue weighted by molar-refractivity contribution is 1.18. The molecule has 9 rings (SSSR count). The SMILES string of the molecule is [C-]#[N+]c1ccc(N(c2cc(-c3cccnc3)cc(-c3cccnc3)c2)c2ccc3c4c2ccc2cccc(c24)n3-c2ccccc2)cc1. The van der Waals surface area contributed by atoms with Gasteiger partial charge in [-0.2, -0.15) is 0 Å². The van der Waals surface area contributed by atoms with E-state index in [-0.39, 0.29) is 0 Å². The Bertz CT molecular complexity index is 2540. The Hall–Kier alpha value is -6.77. The molecule has 6 aromatic carbocycles. The molecular formula is C43H27N5. The van der Waals surface area contributed by atoms with E-state index in [1.54, 1.807) is 12.4 Å². The zero-order chi connectivity index (χ0) is 32.0. The van der Waals surface area contributed by atoms with Gasteiger partial charge in [0.25, 0.3) is 0 Å². The molecule has 0 unspecified atom stereocenters. The maximum absolute atomic E-state index is 7.60. The van der Waals surface area contributed by atoms with Gasteiger partial charge in [-0.25, -0.2) is 4.85 Å². The summed E-state index contributed by atoms with van der Waals surface area (Å²) >= 11 is 0. The summed E-state index contributed by atoms with van der Waals surface area (Å²) in [6, 6.07) is 48.7. The fourth-order valence-corrected chi connectivity index (χ4v) is 6.97. The second kappa shape index (κ2) is 11.2. The van der Waals surface area contributed by atoms with Crippen LogP contribution in [-0.2, 0) is 0 Å². The molecule has 9 aromatic rings. The average Bonchev–Trinajstić information content (AvgIpc) is 3.51. The molecule has 0 aliphatic carbocycles. The molecule has 0 atom stereocenters. The number of aromatic nitrogens is 3. The van der Waals surface area contributed by atoms with E-state index >= 15 is 0 Å². The van der Waals surface area contributed by atoms with Crippen LogP contribution in [0.1, 0.15) is 0 Å². The van der Waals surface area contributed by atoms with E-state index in [1.807, 2.05) is 48.8 Å². The first-order chi connectivity index (χ1) is 23.8. The van der Waals surface area contributed by atoms with Crippen LogP contribution in [0.25, 0.3) is 65.4 Å². The molecule has 3 aromatic heterocycles. The molecule has 0 bridgehead atoms. The third-order valence-corrected chi connectivity index (χ3v) is 9.09. The summed E-state index contributed by atoms with van der Waals surface area (Å²) in [5.41, 5.74) is 11.2. The zero-order valence-corrected chi connectivity index (χ0v) is 25.8. The topological polar surface area (TPSA) is 38.3 Å². The van der Waals surface area contributed by atoms with Crippen molar-refractivity contribution in [1.29, 1.82) is 0 Å². The Morgan fingerprint density at radius 1 is 0.542 bits per heavy atom. The number of pyridine rings is 2. The number of rotatable bonds is 6. The first-order valence-electron chi connectivity index (χ1n) is 15.8. The molecule has 5 heteroatoms. The molecule has 5 nitrogen and oxygen atoms in total. The summed E-state index contributed by atoms with van der Waals surface area (Å²) in [6.07, 6.45) is 7.40. The summed E-state index contributed by atoms with van der Waals surface area (Å²) in [4.78, 5) is 14.9. The number of hydrogen-bond acceptors (Lipinski definition) is 3. The lowest BCUT2D eigenvalue weighted by Crippen LogP contribution is -2.11. The van der Waals surface area contributed by atoms with Crippen molar-refractivity contribution in [1.82, 2.24) is 14.5 Å². The van der Waals surface area contributed by atoms with Gasteiger partial charge in [-0.05, 0) is 89.3 Å². The number of benzene rings is 6. The molecule has 0 saturated heterocycles. The molecule has 0 aliphatic rings. The highest BCUT2D eigenvalue weighted by molar-refractivity contribution is 6.27. The van der Waals surface area contributed by atoms with Crippen LogP contribution in [0.4, 0.5) is 22.7 Å². The van der Waals surface area contributed by atoms with Crippen LogP contribution in [0.5, 0.6) is 0 Å². The van der Waals surface area contributed by atoms with E-state index in [0.29, 0.717) is 5.69 Å². The minimum atomic E-state index is 0.603. The number of nitrogens with zero attached hydrogens (tertiary/aromatic N) is 5. The number of para-hydroxylation sites is 1. The van der Waals surface area contributed by atoms with E-state index in [4.69, 9.17) is 6.57 Å². The Balaban J connectivity index is 1.35. The normalized spacial score (nSPS) is 11.3. The highest BCUT2D eigenvalue weighted by Crippen LogP contribution is 2.47. The predicted octanol–water partition coefficient (Wildman–Crippen LogP) is 11.5. The fraction of sp³-hybridized carbons (Fsp3) is 0. The Morgan fingerprint density at radius 3 is 1.92 bits per heavy atom. The van der Waals surface area contributed by atoms with Gasteiger partial charge in [0.2, 0.25) is 0 Å². The van der Waals surface area contributed by atoms with E-state index in [1.165, 1.54) is 21.7 Å². The first kappa shape index (κ1) is 27.5. The maximum Gasteiger partial charge on any atom is 0.187 e. The molecule has 224 valence electrons. The summed E-state index contributed by atoms with van der Waals surface area (Å²) in [5.74, 6) is 0. The van der Waals surface area contributed by atoms with Crippen molar-refractivity contribution in [3.63, 3.8) is 0 Å². The number of anilines is 3. The molecule has 0 fully saturated rings. The van der Waals surface area contributed by atoms with Crippen molar-refractivity contribution in [3.05, 3.63) is 176 Å². The largest absolute Gasteiger partial charge is 0.310 e. The third kappa shape index (κ3) is 4.47. The Morgan fingerprint density at radius 2 is 1.25 bits per heavy atom. The Labute approximate surface area is 277 Å². The van der Waals surface area contributed by atoms with Crippen molar-refractivity contribution in [2.75, 3.05) is 4.90 Å². The van der Waals surface area contributed by atoms with Crippen LogP contribution < -0.4 is 4.90 Å². The molecule has 0 spiro atoms. The van der Waals surface area contributed by atoms with Gasteiger partial charge < -0.3 is 9.47 Å². The zero-order valence-electron chi connectivity index (χ0n) is 25.8. The van der Waals surface area contributed by atoms with E-state index < -0.39 is 0 Å². The molecule has 0 aliphatic heterocycles. The van der Waals surface area contributed by atoms with Gasteiger partial charge >= 0.3 is 0 Å². The molecule has 48 heavy (non-hydrogen) atoms. The molecule has 0 saturated carbocycles. The first-order valence-corrected chi connectivity index (χ1v) is 15.8. The van der Waals surface area contributed by atoms with Crippen LogP contribution in [0.3, 0.4) is 0 Å². The molecule has 3 heterocycles. The van der Waals surface area contributed by atoms with Gasteiger partial charge in [-0.3, -0.25) is 9.97 Å². The average molecular weight is 614 g/mol. The van der Waals surface area contributed by atoms with Crippen molar-refractivity contribution in [3.8, 4) is 27.9 Å². The molecule has 0 amide bonds. The van der Waals surface area contributed by atoms with Crippen LogP contribution in [0.2, 0.25) is 0 Å². The molecular weight excluding hydrogens is 587 g/mol. The highest BCUT2D eigenvalue weighted by atomic mass is 15.1. The van der Waals surface area contributed by atoms with Crippen molar-refractivity contribution >= 4 is 55.3 Å². The van der Waals surface area contributed by atoms with E-state index in [2.05, 4.69) is 127 Å². The van der Waals surface area contributed by atoms with Gasteiger partial charge in [0.15, 0.2) is 5.69 Å². The minimum absolute atomic E-state index is 0.603. The van der Waals surface area contributed by atoms with Crippen LogP contribution in [0.15, 0.2) is 164 Å². The summed E-state index contributed by atoms with van der Waals surface area (Å²) < 4.78 is 2.37. The van der Waals surface area contributed by atoms with Crippen LogP contribution >= 0.6 is 0 Å². The summed E-state index contributed by atoms with van der Waals surface area (Å²) in [6.45, 7) is 7.60. The van der Waals surface area contributed by atoms with Gasteiger partial charge in [-0.1, -0.05) is 66.7 Å². The van der Waals surface area contributed by atoms with Crippen LogP contribution in [0, 0.1) is 6.57 Å².